The van der Waals surface area contributed by atoms with Gasteiger partial charge in [-0.2, -0.15) is 0 Å². The van der Waals surface area contributed by atoms with Crippen LogP contribution in [-0.2, 0) is 22.7 Å². The first-order valence-corrected chi connectivity index (χ1v) is 6.35. The minimum absolute atomic E-state index is 0.0491. The molecule has 3 rings (SSSR count). The first-order valence-electron chi connectivity index (χ1n) is 6.35. The molecule has 1 aliphatic rings. The van der Waals surface area contributed by atoms with Crippen LogP contribution in [-0.4, -0.2) is 17.7 Å². The molecule has 0 amide bonds. The maximum atomic E-state index is 11.8. The summed E-state index contributed by atoms with van der Waals surface area (Å²) >= 11 is 0. The van der Waals surface area contributed by atoms with E-state index in [9.17, 15) is 14.9 Å². The van der Waals surface area contributed by atoms with Gasteiger partial charge in [-0.05, 0) is 6.07 Å². The van der Waals surface area contributed by atoms with Crippen molar-refractivity contribution in [2.45, 2.75) is 13.2 Å². The molecule has 0 bridgehead atoms. The van der Waals surface area contributed by atoms with Crippen LogP contribution in [0.5, 0.6) is 5.75 Å². The number of rotatable bonds is 4. The monoisotopic (exact) mass is 305 g/mol. The van der Waals surface area contributed by atoms with E-state index in [0.717, 1.165) is 0 Å². The van der Waals surface area contributed by atoms with E-state index >= 15 is 0 Å². The molecule has 0 N–H and O–H groups in total. The first kappa shape index (κ1) is 14.1. The summed E-state index contributed by atoms with van der Waals surface area (Å²) in [6, 6.07) is 4.18. The number of ether oxygens (including phenoxy) is 3. The van der Waals surface area contributed by atoms with Gasteiger partial charge in [0.15, 0.2) is 6.79 Å². The summed E-state index contributed by atoms with van der Waals surface area (Å²) in [6.07, 6.45) is 2.61. The largest absolute Gasteiger partial charge is 0.472 e. The lowest BCUT2D eigenvalue weighted by Gasteiger charge is -2.20. The number of nitro groups is 1. The van der Waals surface area contributed by atoms with Crippen molar-refractivity contribution in [3.63, 3.8) is 0 Å². The number of non-ortho nitro benzene ring substituents is 1. The number of esters is 1. The molecular weight excluding hydrogens is 294 g/mol. The highest BCUT2D eigenvalue weighted by molar-refractivity contribution is 5.88. The Balaban J connectivity index is 1.84. The van der Waals surface area contributed by atoms with Crippen molar-refractivity contribution in [3.05, 3.63) is 57.5 Å². The van der Waals surface area contributed by atoms with E-state index in [0.29, 0.717) is 16.9 Å². The van der Waals surface area contributed by atoms with Crippen LogP contribution >= 0.6 is 0 Å². The zero-order valence-corrected chi connectivity index (χ0v) is 11.3. The molecule has 0 spiro atoms. The number of carbonyl (C=O) groups excluding carboxylic acids is 1. The first-order chi connectivity index (χ1) is 10.6. The average Bonchev–Trinajstić information content (AvgIpc) is 3.06. The summed E-state index contributed by atoms with van der Waals surface area (Å²) in [4.78, 5) is 22.2. The van der Waals surface area contributed by atoms with E-state index in [1.54, 1.807) is 0 Å². The normalized spacial score (nSPS) is 13.1. The second-order valence-corrected chi connectivity index (χ2v) is 4.55. The van der Waals surface area contributed by atoms with Gasteiger partial charge in [-0.25, -0.2) is 4.79 Å². The number of nitrogens with zero attached hydrogens (tertiary/aromatic N) is 1. The summed E-state index contributed by atoms with van der Waals surface area (Å²) in [7, 11) is 0. The molecule has 0 saturated carbocycles. The molecule has 2 heterocycles. The van der Waals surface area contributed by atoms with E-state index in [1.807, 2.05) is 0 Å². The number of hydrogen-bond donors (Lipinski definition) is 0. The molecule has 8 nitrogen and oxygen atoms in total. The number of nitro benzene ring substituents is 1. The smallest absolute Gasteiger partial charge is 0.341 e. The molecule has 0 fully saturated rings. The predicted molar refractivity (Wildman–Crippen MR) is 71.2 cm³/mol. The highest BCUT2D eigenvalue weighted by Gasteiger charge is 2.22. The Hall–Kier alpha value is -2.87. The molecule has 0 radical (unpaired) electrons. The van der Waals surface area contributed by atoms with Gasteiger partial charge in [0.1, 0.15) is 18.6 Å². The molecule has 1 aromatic heterocycles. The molecule has 22 heavy (non-hydrogen) atoms. The van der Waals surface area contributed by atoms with Crippen molar-refractivity contribution in [2.24, 2.45) is 0 Å². The summed E-state index contributed by atoms with van der Waals surface area (Å²) in [5.41, 5.74) is 1.13. The van der Waals surface area contributed by atoms with Crippen molar-refractivity contribution in [1.29, 1.82) is 0 Å². The van der Waals surface area contributed by atoms with Crippen molar-refractivity contribution in [1.82, 2.24) is 0 Å². The third-order valence-electron chi connectivity index (χ3n) is 3.10. The molecule has 1 aromatic carbocycles. The van der Waals surface area contributed by atoms with Crippen LogP contribution < -0.4 is 4.74 Å². The summed E-state index contributed by atoms with van der Waals surface area (Å²) in [6.45, 7) is 0.112. The van der Waals surface area contributed by atoms with Crippen LogP contribution in [0.2, 0.25) is 0 Å². The van der Waals surface area contributed by atoms with Gasteiger partial charge in [0.05, 0.1) is 23.4 Å². The fourth-order valence-electron chi connectivity index (χ4n) is 2.10. The Morgan fingerprint density at radius 1 is 1.41 bits per heavy atom. The highest BCUT2D eigenvalue weighted by Crippen LogP contribution is 2.33. The lowest BCUT2D eigenvalue weighted by atomic mass is 10.1. The van der Waals surface area contributed by atoms with Gasteiger partial charge in [0.25, 0.3) is 5.69 Å². The standard InChI is InChI=1S/C14H11NO7/c16-14(9-1-2-19-5-9)21-7-11-4-12(15(17)18)3-10-6-20-8-22-13(10)11/h1-5H,6-8H2. The minimum Gasteiger partial charge on any atom is -0.472 e. The zero-order valence-electron chi connectivity index (χ0n) is 11.3. The predicted octanol–water partition coefficient (Wildman–Crippen LogP) is 2.41. The van der Waals surface area contributed by atoms with E-state index in [-0.39, 0.29) is 31.3 Å². The van der Waals surface area contributed by atoms with Crippen LogP contribution in [0.15, 0.2) is 35.1 Å². The molecule has 0 unspecified atom stereocenters. The molecule has 8 heteroatoms. The number of furan rings is 1. The molecular formula is C14H11NO7. The number of benzene rings is 1. The van der Waals surface area contributed by atoms with Gasteiger partial charge in [-0.1, -0.05) is 0 Å². The lowest BCUT2D eigenvalue weighted by Crippen LogP contribution is -2.14. The zero-order chi connectivity index (χ0) is 15.5. The molecule has 0 saturated heterocycles. The Kier molecular flexibility index (Phi) is 3.75. The molecule has 2 aromatic rings. The maximum absolute atomic E-state index is 11.8. The van der Waals surface area contributed by atoms with Crippen LogP contribution in [0.25, 0.3) is 0 Å². The van der Waals surface area contributed by atoms with Crippen molar-refractivity contribution in [2.75, 3.05) is 6.79 Å². The Bertz CT molecular complexity index is 708. The van der Waals surface area contributed by atoms with E-state index < -0.39 is 10.9 Å². The second-order valence-electron chi connectivity index (χ2n) is 4.55. The Labute approximate surface area is 124 Å². The third kappa shape index (κ3) is 2.77. The van der Waals surface area contributed by atoms with Crippen molar-refractivity contribution < 1.29 is 28.3 Å². The summed E-state index contributed by atoms with van der Waals surface area (Å²) in [5, 5.41) is 11.0. The van der Waals surface area contributed by atoms with Gasteiger partial charge < -0.3 is 18.6 Å². The van der Waals surface area contributed by atoms with E-state index in [4.69, 9.17) is 18.6 Å². The van der Waals surface area contributed by atoms with Crippen LogP contribution in [0, 0.1) is 10.1 Å². The topological polar surface area (TPSA) is 101 Å². The summed E-state index contributed by atoms with van der Waals surface area (Å²) < 4.78 is 20.4. The van der Waals surface area contributed by atoms with Gasteiger partial charge in [0.2, 0.25) is 0 Å². The van der Waals surface area contributed by atoms with Gasteiger partial charge >= 0.3 is 5.97 Å². The molecule has 0 atom stereocenters. The van der Waals surface area contributed by atoms with E-state index in [1.165, 1.54) is 30.7 Å². The van der Waals surface area contributed by atoms with Crippen LogP contribution in [0.3, 0.4) is 0 Å². The Morgan fingerprint density at radius 3 is 3.00 bits per heavy atom. The third-order valence-corrected chi connectivity index (χ3v) is 3.10. The highest BCUT2D eigenvalue weighted by atomic mass is 16.7. The van der Waals surface area contributed by atoms with Crippen LogP contribution in [0.4, 0.5) is 5.69 Å². The molecule has 114 valence electrons. The molecule has 1 aliphatic heterocycles. The number of hydrogen-bond acceptors (Lipinski definition) is 7. The fraction of sp³-hybridized carbons (Fsp3) is 0.214. The number of fused-ring (bicyclic) bond motifs is 1. The van der Waals surface area contributed by atoms with Gasteiger partial charge in [-0.15, -0.1) is 0 Å². The second kappa shape index (κ2) is 5.86. The minimum atomic E-state index is -0.582. The van der Waals surface area contributed by atoms with Crippen LogP contribution in [0.1, 0.15) is 21.5 Å². The average molecular weight is 305 g/mol. The van der Waals surface area contributed by atoms with Gasteiger partial charge in [-0.3, -0.25) is 10.1 Å². The summed E-state index contributed by atoms with van der Waals surface area (Å²) in [5.74, 6) is -0.127. The van der Waals surface area contributed by atoms with Crippen molar-refractivity contribution in [3.8, 4) is 5.75 Å². The van der Waals surface area contributed by atoms with E-state index in [2.05, 4.69) is 0 Å². The quantitative estimate of drug-likeness (QED) is 0.485. The maximum Gasteiger partial charge on any atom is 0.341 e. The van der Waals surface area contributed by atoms with Gasteiger partial charge in [0, 0.05) is 23.3 Å². The fourth-order valence-corrected chi connectivity index (χ4v) is 2.10. The Morgan fingerprint density at radius 2 is 2.27 bits per heavy atom. The SMILES string of the molecule is O=C(OCc1cc([N+](=O)[O-])cc2c1OCOC2)c1ccoc1. The molecule has 0 aliphatic carbocycles. The lowest BCUT2D eigenvalue weighted by molar-refractivity contribution is -0.385. The van der Waals surface area contributed by atoms with Crippen molar-refractivity contribution >= 4 is 11.7 Å². The number of carbonyl (C=O) groups is 1.